The van der Waals surface area contributed by atoms with Crippen molar-refractivity contribution in [1.29, 1.82) is 0 Å². The van der Waals surface area contributed by atoms with Gasteiger partial charge in [-0.3, -0.25) is 0 Å². The van der Waals surface area contributed by atoms with Gasteiger partial charge < -0.3 is 0 Å². The molecule has 0 radical (unpaired) electrons. The number of hydrogen-bond donors (Lipinski definition) is 0. The molecule has 0 N–H and O–H groups in total. The highest BCUT2D eigenvalue weighted by Gasteiger charge is 2.08. The highest BCUT2D eigenvalue weighted by molar-refractivity contribution is 6.05. The molecule has 2 nitrogen and oxygen atoms in total. The Morgan fingerprint density at radius 1 is 0.773 bits per heavy atom. The maximum atomic E-state index is 13.3. The first-order valence-electron chi connectivity index (χ1n) is 6.82. The van der Waals surface area contributed by atoms with Crippen LogP contribution in [0.4, 0.5) is 8.78 Å². The summed E-state index contributed by atoms with van der Waals surface area (Å²) in [7, 11) is 0. The van der Waals surface area contributed by atoms with Crippen molar-refractivity contribution in [3.05, 3.63) is 72.4 Å². The van der Waals surface area contributed by atoms with E-state index in [4.69, 9.17) is 0 Å². The van der Waals surface area contributed by atoms with Gasteiger partial charge in [-0.2, -0.15) is 0 Å². The molecule has 0 amide bonds. The van der Waals surface area contributed by atoms with Gasteiger partial charge in [0.25, 0.3) is 0 Å². The summed E-state index contributed by atoms with van der Waals surface area (Å²) < 4.78 is 26.7. The third kappa shape index (κ3) is 2.09. The summed E-state index contributed by atoms with van der Waals surface area (Å²) >= 11 is 0. The minimum Gasteiger partial charge on any atom is -0.236 e. The van der Waals surface area contributed by atoms with E-state index < -0.39 is 11.6 Å². The average molecular weight is 292 g/mol. The van der Waals surface area contributed by atoms with E-state index in [0.717, 1.165) is 27.7 Å². The lowest BCUT2D eigenvalue weighted by Gasteiger charge is -2.06. The van der Waals surface area contributed by atoms with Gasteiger partial charge >= 0.3 is 0 Å². The van der Waals surface area contributed by atoms with Crippen LogP contribution in [-0.2, 0) is 0 Å². The summed E-state index contributed by atoms with van der Waals surface area (Å²) in [5, 5.41) is 3.07. The van der Waals surface area contributed by atoms with Gasteiger partial charge in [-0.05, 0) is 29.0 Å². The molecule has 1 heterocycles. The molecule has 0 fully saturated rings. The minimum absolute atomic E-state index is 0.307. The van der Waals surface area contributed by atoms with Crippen molar-refractivity contribution in [3.8, 4) is 11.4 Å². The van der Waals surface area contributed by atoms with Crippen LogP contribution >= 0.6 is 0 Å². The van der Waals surface area contributed by atoms with Crippen LogP contribution in [0, 0.1) is 11.6 Å². The zero-order chi connectivity index (χ0) is 15.1. The molecule has 0 bridgehead atoms. The van der Waals surface area contributed by atoms with E-state index in [0.29, 0.717) is 11.4 Å². The van der Waals surface area contributed by atoms with Gasteiger partial charge in [-0.25, -0.2) is 18.7 Å². The molecule has 4 rings (SSSR count). The Labute approximate surface area is 125 Å². The molecule has 0 aliphatic rings. The van der Waals surface area contributed by atoms with E-state index in [-0.39, 0.29) is 0 Å². The Kier molecular flexibility index (Phi) is 2.82. The molecule has 22 heavy (non-hydrogen) atoms. The van der Waals surface area contributed by atoms with Crippen molar-refractivity contribution >= 4 is 21.7 Å². The molecule has 0 saturated heterocycles. The largest absolute Gasteiger partial charge is 0.236 e. The van der Waals surface area contributed by atoms with E-state index in [9.17, 15) is 8.78 Å². The second kappa shape index (κ2) is 4.84. The fourth-order valence-electron chi connectivity index (χ4n) is 2.61. The van der Waals surface area contributed by atoms with Gasteiger partial charge in [-0.15, -0.1) is 0 Å². The predicted molar refractivity (Wildman–Crippen MR) is 82.4 cm³/mol. The van der Waals surface area contributed by atoms with Gasteiger partial charge in [0.2, 0.25) is 0 Å². The van der Waals surface area contributed by atoms with Crippen LogP contribution in [-0.4, -0.2) is 9.97 Å². The van der Waals surface area contributed by atoms with Crippen LogP contribution in [0.1, 0.15) is 0 Å². The molecule has 4 heteroatoms. The Hall–Kier alpha value is -2.88. The first kappa shape index (κ1) is 12.8. The molecule has 0 aliphatic heterocycles. The van der Waals surface area contributed by atoms with Crippen LogP contribution < -0.4 is 0 Å². The molecular weight excluding hydrogens is 282 g/mol. The molecule has 0 aliphatic carbocycles. The molecular formula is C18H10F2N2. The number of aromatic nitrogens is 2. The van der Waals surface area contributed by atoms with Gasteiger partial charge in [-0.1, -0.05) is 30.3 Å². The number of fused-ring (bicyclic) bond motifs is 3. The predicted octanol–water partition coefficient (Wildman–Crippen LogP) is 4.73. The molecule has 1 aromatic heterocycles. The minimum atomic E-state index is -0.641. The first-order chi connectivity index (χ1) is 10.7. The van der Waals surface area contributed by atoms with Crippen LogP contribution in [0.25, 0.3) is 33.1 Å². The SMILES string of the molecule is Fc1cc(F)cc(-c2ncc3c(ccc4ccccc43)n2)c1. The second-order valence-corrected chi connectivity index (χ2v) is 5.07. The van der Waals surface area contributed by atoms with E-state index in [1.807, 2.05) is 36.4 Å². The number of halogens is 2. The van der Waals surface area contributed by atoms with Crippen LogP contribution in [0.5, 0.6) is 0 Å². The van der Waals surface area contributed by atoms with Gasteiger partial charge in [0, 0.05) is 23.2 Å². The number of benzene rings is 3. The van der Waals surface area contributed by atoms with Crippen LogP contribution in [0.15, 0.2) is 60.8 Å². The monoisotopic (exact) mass is 292 g/mol. The molecule has 3 aromatic carbocycles. The van der Waals surface area contributed by atoms with E-state index >= 15 is 0 Å². The van der Waals surface area contributed by atoms with Crippen molar-refractivity contribution in [1.82, 2.24) is 9.97 Å². The summed E-state index contributed by atoms with van der Waals surface area (Å²) in [5.41, 5.74) is 1.07. The van der Waals surface area contributed by atoms with Crippen molar-refractivity contribution in [2.75, 3.05) is 0 Å². The van der Waals surface area contributed by atoms with E-state index in [2.05, 4.69) is 9.97 Å². The van der Waals surface area contributed by atoms with Gasteiger partial charge in [0.15, 0.2) is 5.82 Å². The summed E-state index contributed by atoms with van der Waals surface area (Å²) in [6, 6.07) is 15.1. The van der Waals surface area contributed by atoms with Crippen molar-refractivity contribution in [3.63, 3.8) is 0 Å². The maximum absolute atomic E-state index is 13.3. The Morgan fingerprint density at radius 3 is 2.36 bits per heavy atom. The van der Waals surface area contributed by atoms with E-state index in [1.165, 1.54) is 12.1 Å². The normalized spacial score (nSPS) is 11.2. The van der Waals surface area contributed by atoms with E-state index in [1.54, 1.807) is 6.20 Å². The maximum Gasteiger partial charge on any atom is 0.159 e. The number of rotatable bonds is 1. The molecule has 0 saturated carbocycles. The lowest BCUT2D eigenvalue weighted by molar-refractivity contribution is 0.584. The standard InChI is InChI=1S/C18H10F2N2/c19-13-7-12(8-14(20)9-13)18-21-10-16-15-4-2-1-3-11(15)5-6-17(16)22-18/h1-10H. The third-order valence-electron chi connectivity index (χ3n) is 3.61. The summed E-state index contributed by atoms with van der Waals surface area (Å²) in [4.78, 5) is 8.70. The van der Waals surface area contributed by atoms with Crippen LogP contribution in [0.3, 0.4) is 0 Å². The lowest BCUT2D eigenvalue weighted by Crippen LogP contribution is -1.92. The fraction of sp³-hybridized carbons (Fsp3) is 0. The highest BCUT2D eigenvalue weighted by Crippen LogP contribution is 2.26. The molecule has 0 spiro atoms. The fourth-order valence-corrected chi connectivity index (χ4v) is 2.61. The van der Waals surface area contributed by atoms with Crippen molar-refractivity contribution < 1.29 is 8.78 Å². The zero-order valence-electron chi connectivity index (χ0n) is 11.4. The second-order valence-electron chi connectivity index (χ2n) is 5.07. The van der Waals surface area contributed by atoms with Gasteiger partial charge in [0.1, 0.15) is 11.6 Å². The molecule has 106 valence electrons. The Morgan fingerprint density at radius 2 is 1.55 bits per heavy atom. The van der Waals surface area contributed by atoms with Crippen molar-refractivity contribution in [2.24, 2.45) is 0 Å². The quantitative estimate of drug-likeness (QED) is 0.474. The lowest BCUT2D eigenvalue weighted by atomic mass is 10.1. The smallest absolute Gasteiger partial charge is 0.159 e. The molecule has 4 aromatic rings. The number of hydrogen-bond acceptors (Lipinski definition) is 2. The highest BCUT2D eigenvalue weighted by atomic mass is 19.1. The zero-order valence-corrected chi connectivity index (χ0v) is 11.4. The van der Waals surface area contributed by atoms with Crippen LogP contribution in [0.2, 0.25) is 0 Å². The third-order valence-corrected chi connectivity index (χ3v) is 3.61. The number of nitrogens with zero attached hydrogens (tertiary/aromatic N) is 2. The summed E-state index contributed by atoms with van der Waals surface area (Å²) in [5.74, 6) is -0.976. The van der Waals surface area contributed by atoms with Crippen molar-refractivity contribution in [2.45, 2.75) is 0 Å². The van der Waals surface area contributed by atoms with Gasteiger partial charge in [0.05, 0.1) is 5.52 Å². The Balaban J connectivity index is 1.96. The first-order valence-corrected chi connectivity index (χ1v) is 6.82. The topological polar surface area (TPSA) is 25.8 Å². The summed E-state index contributed by atoms with van der Waals surface area (Å²) in [6.45, 7) is 0. The molecule has 0 unspecified atom stereocenters. The molecule has 0 atom stereocenters. The Bertz CT molecular complexity index is 992. The average Bonchev–Trinajstić information content (AvgIpc) is 2.53. The summed E-state index contributed by atoms with van der Waals surface area (Å²) in [6.07, 6.45) is 1.70.